The maximum absolute atomic E-state index is 12.1. The molecule has 1 aliphatic carbocycles. The van der Waals surface area contributed by atoms with Gasteiger partial charge < -0.3 is 10.6 Å². The van der Waals surface area contributed by atoms with E-state index in [1.165, 1.54) is 32.1 Å². The van der Waals surface area contributed by atoms with Crippen LogP contribution in [0.4, 0.5) is 0 Å². The van der Waals surface area contributed by atoms with Gasteiger partial charge in [0.05, 0.1) is 0 Å². The van der Waals surface area contributed by atoms with Gasteiger partial charge in [-0.15, -0.1) is 12.4 Å². The third-order valence-corrected chi connectivity index (χ3v) is 4.25. The summed E-state index contributed by atoms with van der Waals surface area (Å²) >= 11 is 0. The second-order valence-electron chi connectivity index (χ2n) is 5.84. The maximum Gasteiger partial charge on any atom is 0.223 e. The Bertz CT molecular complexity index is 248. The van der Waals surface area contributed by atoms with E-state index in [2.05, 4.69) is 17.6 Å². The van der Waals surface area contributed by atoms with Gasteiger partial charge in [-0.05, 0) is 31.7 Å². The summed E-state index contributed by atoms with van der Waals surface area (Å²) in [5.41, 5.74) is 0. The van der Waals surface area contributed by atoms with Crippen LogP contribution in [-0.2, 0) is 4.79 Å². The van der Waals surface area contributed by atoms with Gasteiger partial charge in [-0.25, -0.2) is 0 Å². The average molecular weight is 275 g/mol. The summed E-state index contributed by atoms with van der Waals surface area (Å²) in [6, 6.07) is 0.363. The van der Waals surface area contributed by atoms with E-state index >= 15 is 0 Å². The van der Waals surface area contributed by atoms with Gasteiger partial charge in [0.2, 0.25) is 5.91 Å². The first-order chi connectivity index (χ1) is 8.25. The zero-order chi connectivity index (χ0) is 12.1. The summed E-state index contributed by atoms with van der Waals surface area (Å²) in [4.78, 5) is 12.1. The molecule has 0 aromatic rings. The molecule has 2 N–H and O–H groups in total. The van der Waals surface area contributed by atoms with Crippen molar-refractivity contribution in [2.24, 2.45) is 11.8 Å². The molecule has 106 valence electrons. The van der Waals surface area contributed by atoms with E-state index in [1.54, 1.807) is 0 Å². The third kappa shape index (κ3) is 4.77. The number of hydrogen-bond donors (Lipinski definition) is 2. The summed E-state index contributed by atoms with van der Waals surface area (Å²) in [7, 11) is 0. The summed E-state index contributed by atoms with van der Waals surface area (Å²) in [6.45, 7) is 4.13. The molecule has 2 fully saturated rings. The molecule has 1 saturated carbocycles. The number of nitrogens with one attached hydrogen (secondary N) is 2. The molecule has 0 aromatic heterocycles. The van der Waals surface area contributed by atoms with Gasteiger partial charge in [-0.1, -0.05) is 32.6 Å². The normalized spacial score (nSPS) is 26.4. The molecule has 0 aromatic carbocycles. The Kier molecular flexibility index (Phi) is 7.02. The highest BCUT2D eigenvalue weighted by Crippen LogP contribution is 2.30. The summed E-state index contributed by atoms with van der Waals surface area (Å²) in [6.07, 6.45) is 8.81. The van der Waals surface area contributed by atoms with Crippen molar-refractivity contribution in [3.63, 3.8) is 0 Å². The Morgan fingerprint density at radius 1 is 1.28 bits per heavy atom. The monoisotopic (exact) mass is 274 g/mol. The van der Waals surface area contributed by atoms with Crippen molar-refractivity contribution in [2.75, 3.05) is 13.1 Å². The Morgan fingerprint density at radius 2 is 2.00 bits per heavy atom. The molecule has 3 nitrogen and oxygen atoms in total. The van der Waals surface area contributed by atoms with Crippen molar-refractivity contribution in [2.45, 2.75) is 57.9 Å². The minimum atomic E-state index is 0. The first-order valence-corrected chi connectivity index (χ1v) is 7.27. The van der Waals surface area contributed by atoms with Crippen LogP contribution >= 0.6 is 12.4 Å². The lowest BCUT2D eigenvalue weighted by Crippen LogP contribution is -2.47. The number of hydrogen-bond acceptors (Lipinski definition) is 2. The highest BCUT2D eigenvalue weighted by molar-refractivity contribution is 5.85. The zero-order valence-electron chi connectivity index (χ0n) is 11.4. The molecule has 2 atom stereocenters. The highest BCUT2D eigenvalue weighted by Gasteiger charge is 2.23. The molecule has 1 unspecified atom stereocenters. The van der Waals surface area contributed by atoms with E-state index in [0.29, 0.717) is 6.04 Å². The van der Waals surface area contributed by atoms with E-state index < -0.39 is 0 Å². The summed E-state index contributed by atoms with van der Waals surface area (Å²) in [5.74, 6) is 1.27. The molecule has 2 rings (SSSR count). The van der Waals surface area contributed by atoms with E-state index in [-0.39, 0.29) is 24.2 Å². The molecule has 1 aliphatic heterocycles. The lowest BCUT2D eigenvalue weighted by atomic mass is 9.93. The highest BCUT2D eigenvalue weighted by atomic mass is 35.5. The Balaban J connectivity index is 0.00000162. The van der Waals surface area contributed by atoms with Crippen LogP contribution < -0.4 is 10.6 Å². The van der Waals surface area contributed by atoms with Crippen LogP contribution in [0.2, 0.25) is 0 Å². The van der Waals surface area contributed by atoms with Crippen molar-refractivity contribution in [3.05, 3.63) is 0 Å². The van der Waals surface area contributed by atoms with E-state index in [1.807, 2.05) is 0 Å². The first kappa shape index (κ1) is 15.8. The Morgan fingerprint density at radius 3 is 2.61 bits per heavy atom. The molecule has 2 aliphatic rings. The van der Waals surface area contributed by atoms with Crippen molar-refractivity contribution in [3.8, 4) is 0 Å². The van der Waals surface area contributed by atoms with Gasteiger partial charge in [-0.3, -0.25) is 4.79 Å². The molecule has 1 heterocycles. The predicted octanol–water partition coefficient (Wildman–Crippen LogP) is 2.49. The van der Waals surface area contributed by atoms with Gasteiger partial charge >= 0.3 is 0 Å². The Labute approximate surface area is 117 Å². The SMILES string of the molecule is CC(CC1CCCC1)C(=O)N[C@H]1CCCNC1.Cl. The standard InChI is InChI=1S/C14H26N2O.ClH/c1-11(9-12-5-2-3-6-12)14(17)16-13-7-4-8-15-10-13;/h11-13,15H,2-10H2,1H3,(H,16,17);1H/t11?,13-;/m0./s1. The fourth-order valence-corrected chi connectivity index (χ4v) is 3.17. The van der Waals surface area contributed by atoms with Crippen molar-refractivity contribution < 1.29 is 4.79 Å². The number of rotatable bonds is 4. The van der Waals surface area contributed by atoms with Crippen LogP contribution in [-0.4, -0.2) is 25.0 Å². The molecule has 0 radical (unpaired) electrons. The molecule has 18 heavy (non-hydrogen) atoms. The topological polar surface area (TPSA) is 41.1 Å². The van der Waals surface area contributed by atoms with Gasteiger partial charge in [-0.2, -0.15) is 0 Å². The van der Waals surface area contributed by atoms with Crippen LogP contribution in [0, 0.1) is 11.8 Å². The first-order valence-electron chi connectivity index (χ1n) is 7.27. The lowest BCUT2D eigenvalue weighted by Gasteiger charge is -2.26. The minimum Gasteiger partial charge on any atom is -0.352 e. The fourth-order valence-electron chi connectivity index (χ4n) is 3.17. The number of halogens is 1. The smallest absolute Gasteiger partial charge is 0.223 e. The van der Waals surface area contributed by atoms with Crippen molar-refractivity contribution in [1.82, 2.24) is 10.6 Å². The second-order valence-corrected chi connectivity index (χ2v) is 5.84. The lowest BCUT2D eigenvalue weighted by molar-refractivity contribution is -0.125. The molecule has 0 spiro atoms. The predicted molar refractivity (Wildman–Crippen MR) is 77.0 cm³/mol. The van der Waals surface area contributed by atoms with E-state index in [4.69, 9.17) is 0 Å². The van der Waals surface area contributed by atoms with Gasteiger partial charge in [0, 0.05) is 18.5 Å². The minimum absolute atomic E-state index is 0. The molecular formula is C14H27ClN2O. The quantitative estimate of drug-likeness (QED) is 0.827. The van der Waals surface area contributed by atoms with Crippen LogP contribution in [0.15, 0.2) is 0 Å². The van der Waals surface area contributed by atoms with Crippen LogP contribution in [0.25, 0.3) is 0 Å². The van der Waals surface area contributed by atoms with E-state index in [9.17, 15) is 4.79 Å². The van der Waals surface area contributed by atoms with Gasteiger partial charge in [0.25, 0.3) is 0 Å². The van der Waals surface area contributed by atoms with Crippen molar-refractivity contribution >= 4 is 18.3 Å². The second kappa shape index (κ2) is 8.00. The number of carbonyl (C=O) groups excluding carboxylic acids is 1. The molecule has 1 saturated heterocycles. The Hall–Kier alpha value is -0.280. The molecule has 4 heteroatoms. The average Bonchev–Trinajstić information content (AvgIpc) is 2.83. The van der Waals surface area contributed by atoms with Gasteiger partial charge in [0.15, 0.2) is 0 Å². The van der Waals surface area contributed by atoms with Gasteiger partial charge in [0.1, 0.15) is 0 Å². The molecule has 1 amide bonds. The summed E-state index contributed by atoms with van der Waals surface area (Å²) < 4.78 is 0. The maximum atomic E-state index is 12.1. The number of amides is 1. The van der Waals surface area contributed by atoms with Crippen LogP contribution in [0.3, 0.4) is 0 Å². The third-order valence-electron chi connectivity index (χ3n) is 4.25. The van der Waals surface area contributed by atoms with E-state index in [0.717, 1.165) is 31.8 Å². The fraction of sp³-hybridized carbons (Fsp3) is 0.929. The van der Waals surface area contributed by atoms with Crippen molar-refractivity contribution in [1.29, 1.82) is 0 Å². The van der Waals surface area contributed by atoms with Crippen LogP contribution in [0.5, 0.6) is 0 Å². The zero-order valence-corrected chi connectivity index (χ0v) is 12.2. The molecular weight excluding hydrogens is 248 g/mol. The molecule has 0 bridgehead atoms. The number of piperidine rings is 1. The van der Waals surface area contributed by atoms with Crippen LogP contribution in [0.1, 0.15) is 51.9 Å². The largest absolute Gasteiger partial charge is 0.352 e. The number of carbonyl (C=O) groups is 1. The summed E-state index contributed by atoms with van der Waals surface area (Å²) in [5, 5.41) is 6.53.